The Morgan fingerprint density at radius 3 is 2.11 bits per heavy atom. The molecular formula is C20H21N3O5. The lowest BCUT2D eigenvalue weighted by Crippen LogP contribution is -2.42. The summed E-state index contributed by atoms with van der Waals surface area (Å²) in [4.78, 5) is 46.8. The zero-order valence-corrected chi connectivity index (χ0v) is 15.3. The minimum atomic E-state index is -0.673. The molecule has 0 saturated carbocycles. The van der Waals surface area contributed by atoms with E-state index in [1.807, 2.05) is 6.07 Å². The summed E-state index contributed by atoms with van der Waals surface area (Å²) in [6, 6.07) is 17.0. The Morgan fingerprint density at radius 1 is 0.893 bits per heavy atom. The number of ether oxygens (including phenoxy) is 1. The van der Waals surface area contributed by atoms with E-state index in [-0.39, 0.29) is 12.3 Å². The first-order valence-corrected chi connectivity index (χ1v) is 8.57. The van der Waals surface area contributed by atoms with E-state index < -0.39 is 30.4 Å². The predicted octanol–water partition coefficient (Wildman–Crippen LogP) is 1.26. The molecule has 0 aliphatic carbocycles. The largest absolute Gasteiger partial charge is 0.455 e. The van der Waals surface area contributed by atoms with Crippen molar-refractivity contribution < 1.29 is 23.9 Å². The lowest BCUT2D eigenvalue weighted by Gasteiger charge is -2.18. The third-order valence-corrected chi connectivity index (χ3v) is 3.66. The molecule has 8 nitrogen and oxygen atoms in total. The van der Waals surface area contributed by atoms with Crippen molar-refractivity contribution in [1.29, 1.82) is 0 Å². The maximum atomic E-state index is 12.5. The molecular weight excluding hydrogens is 362 g/mol. The average Bonchev–Trinajstić information content (AvgIpc) is 2.71. The molecule has 0 spiro atoms. The summed E-state index contributed by atoms with van der Waals surface area (Å²) in [5, 5.41) is 2.81. The van der Waals surface area contributed by atoms with Crippen molar-refractivity contribution in [2.75, 3.05) is 6.61 Å². The summed E-state index contributed by atoms with van der Waals surface area (Å²) in [6.45, 7) is 0.680. The molecule has 146 valence electrons. The van der Waals surface area contributed by atoms with Crippen LogP contribution in [0.3, 0.4) is 0 Å². The highest BCUT2D eigenvalue weighted by Gasteiger charge is 2.20. The van der Waals surface area contributed by atoms with Crippen molar-refractivity contribution in [2.24, 2.45) is 0 Å². The average molecular weight is 383 g/mol. The zero-order valence-electron chi connectivity index (χ0n) is 15.3. The number of benzene rings is 2. The van der Waals surface area contributed by atoms with Crippen molar-refractivity contribution in [3.8, 4) is 0 Å². The Kier molecular flexibility index (Phi) is 7.71. The standard InChI is InChI=1S/C20H21N3O5/c1-14(24)22-23-18(25)13-28-19(26)12-17(15-8-4-2-5-9-15)21-20(27)16-10-6-3-7-11-16/h2-11,17H,12-13H2,1H3,(H,21,27)(H,22,24)(H,23,25)/t17-/m0/s1. The van der Waals surface area contributed by atoms with E-state index >= 15 is 0 Å². The molecule has 8 heteroatoms. The normalized spacial score (nSPS) is 11.0. The van der Waals surface area contributed by atoms with Crippen LogP contribution in [-0.4, -0.2) is 30.3 Å². The van der Waals surface area contributed by atoms with Crippen LogP contribution < -0.4 is 16.2 Å². The van der Waals surface area contributed by atoms with Crippen LogP contribution in [0, 0.1) is 0 Å². The van der Waals surface area contributed by atoms with Crippen molar-refractivity contribution in [1.82, 2.24) is 16.2 Å². The van der Waals surface area contributed by atoms with E-state index in [1.54, 1.807) is 54.6 Å². The van der Waals surface area contributed by atoms with Crippen LogP contribution in [-0.2, 0) is 19.1 Å². The van der Waals surface area contributed by atoms with Crippen molar-refractivity contribution in [3.05, 3.63) is 71.8 Å². The molecule has 0 fully saturated rings. The second kappa shape index (κ2) is 10.5. The summed E-state index contributed by atoms with van der Waals surface area (Å²) < 4.78 is 4.92. The topological polar surface area (TPSA) is 114 Å². The maximum Gasteiger partial charge on any atom is 0.308 e. The summed E-state index contributed by atoms with van der Waals surface area (Å²) in [5.74, 6) is -2.12. The van der Waals surface area contributed by atoms with E-state index in [4.69, 9.17) is 4.74 Å². The molecule has 0 unspecified atom stereocenters. The number of carbonyl (C=O) groups excluding carboxylic acids is 4. The quantitative estimate of drug-likeness (QED) is 0.492. The monoisotopic (exact) mass is 383 g/mol. The van der Waals surface area contributed by atoms with Crippen LogP contribution in [0.4, 0.5) is 0 Å². The van der Waals surface area contributed by atoms with Crippen LogP contribution >= 0.6 is 0 Å². The van der Waals surface area contributed by atoms with Gasteiger partial charge in [0, 0.05) is 12.5 Å². The van der Waals surface area contributed by atoms with Gasteiger partial charge in [-0.05, 0) is 17.7 Å². The molecule has 2 rings (SSSR count). The third-order valence-electron chi connectivity index (χ3n) is 3.66. The molecule has 2 aromatic rings. The van der Waals surface area contributed by atoms with Crippen molar-refractivity contribution >= 4 is 23.7 Å². The summed E-state index contributed by atoms with van der Waals surface area (Å²) in [7, 11) is 0. The Labute approximate surface area is 162 Å². The zero-order chi connectivity index (χ0) is 20.4. The Morgan fingerprint density at radius 2 is 1.50 bits per heavy atom. The van der Waals surface area contributed by atoms with Gasteiger partial charge in [-0.1, -0.05) is 48.5 Å². The van der Waals surface area contributed by atoms with Gasteiger partial charge < -0.3 is 10.1 Å². The maximum absolute atomic E-state index is 12.5. The van der Waals surface area contributed by atoms with Crippen LogP contribution in [0.1, 0.15) is 35.3 Å². The first-order chi connectivity index (χ1) is 13.5. The molecule has 0 bridgehead atoms. The smallest absolute Gasteiger partial charge is 0.308 e. The SMILES string of the molecule is CC(=O)NNC(=O)COC(=O)C[C@H](NC(=O)c1ccccc1)c1ccccc1. The summed E-state index contributed by atoms with van der Waals surface area (Å²) in [6.07, 6.45) is -0.157. The highest BCUT2D eigenvalue weighted by molar-refractivity contribution is 5.94. The van der Waals surface area contributed by atoms with Gasteiger partial charge in [-0.2, -0.15) is 0 Å². The Hall–Kier alpha value is -3.68. The summed E-state index contributed by atoms with van der Waals surface area (Å²) in [5.41, 5.74) is 5.38. The molecule has 0 heterocycles. The van der Waals surface area contributed by atoms with Crippen LogP contribution in [0.15, 0.2) is 60.7 Å². The molecule has 1 atom stereocenters. The fraction of sp³-hybridized carbons (Fsp3) is 0.200. The second-order valence-electron chi connectivity index (χ2n) is 5.90. The number of carbonyl (C=O) groups is 4. The first-order valence-electron chi connectivity index (χ1n) is 8.57. The second-order valence-corrected chi connectivity index (χ2v) is 5.90. The molecule has 0 aliphatic rings. The number of esters is 1. The lowest BCUT2D eigenvalue weighted by molar-refractivity contribution is -0.149. The molecule has 3 amide bonds. The van der Waals surface area contributed by atoms with Gasteiger partial charge in [-0.25, -0.2) is 0 Å². The number of rotatable bonds is 7. The van der Waals surface area contributed by atoms with E-state index in [9.17, 15) is 19.2 Å². The fourth-order valence-corrected chi connectivity index (χ4v) is 2.33. The first kappa shape index (κ1) is 20.6. The van der Waals surface area contributed by atoms with Crippen LogP contribution in [0.25, 0.3) is 0 Å². The molecule has 2 aromatic carbocycles. The van der Waals surface area contributed by atoms with Gasteiger partial charge in [0.1, 0.15) is 0 Å². The number of hydrogen-bond acceptors (Lipinski definition) is 5. The number of amides is 3. The van der Waals surface area contributed by atoms with Gasteiger partial charge in [-0.15, -0.1) is 0 Å². The van der Waals surface area contributed by atoms with Gasteiger partial charge in [0.05, 0.1) is 12.5 Å². The molecule has 28 heavy (non-hydrogen) atoms. The highest BCUT2D eigenvalue weighted by Crippen LogP contribution is 2.18. The molecule has 0 radical (unpaired) electrons. The summed E-state index contributed by atoms with van der Waals surface area (Å²) >= 11 is 0. The molecule has 3 N–H and O–H groups in total. The number of nitrogens with one attached hydrogen (secondary N) is 3. The predicted molar refractivity (Wildman–Crippen MR) is 101 cm³/mol. The van der Waals surface area contributed by atoms with Gasteiger partial charge in [0.2, 0.25) is 5.91 Å². The van der Waals surface area contributed by atoms with E-state index in [1.165, 1.54) is 6.92 Å². The molecule has 0 aliphatic heterocycles. The van der Waals surface area contributed by atoms with Gasteiger partial charge in [0.15, 0.2) is 6.61 Å². The van der Waals surface area contributed by atoms with Gasteiger partial charge in [-0.3, -0.25) is 30.0 Å². The van der Waals surface area contributed by atoms with Gasteiger partial charge in [0.25, 0.3) is 11.8 Å². The minimum Gasteiger partial charge on any atom is -0.455 e. The number of hydrogen-bond donors (Lipinski definition) is 3. The molecule has 0 saturated heterocycles. The van der Waals surface area contributed by atoms with E-state index in [0.717, 1.165) is 5.56 Å². The Bertz CT molecular complexity index is 824. The van der Waals surface area contributed by atoms with Crippen molar-refractivity contribution in [2.45, 2.75) is 19.4 Å². The van der Waals surface area contributed by atoms with Crippen LogP contribution in [0.2, 0.25) is 0 Å². The number of hydrazine groups is 1. The van der Waals surface area contributed by atoms with E-state index in [0.29, 0.717) is 5.56 Å². The Balaban J connectivity index is 1.98. The molecule has 0 aromatic heterocycles. The van der Waals surface area contributed by atoms with E-state index in [2.05, 4.69) is 16.2 Å². The van der Waals surface area contributed by atoms with Gasteiger partial charge >= 0.3 is 5.97 Å². The minimum absolute atomic E-state index is 0.157. The highest BCUT2D eigenvalue weighted by atomic mass is 16.5. The van der Waals surface area contributed by atoms with Crippen LogP contribution in [0.5, 0.6) is 0 Å². The van der Waals surface area contributed by atoms with Crippen molar-refractivity contribution in [3.63, 3.8) is 0 Å². The fourth-order valence-electron chi connectivity index (χ4n) is 2.33. The third kappa shape index (κ3) is 6.91. The lowest BCUT2D eigenvalue weighted by atomic mass is 10.0.